The summed E-state index contributed by atoms with van der Waals surface area (Å²) in [4.78, 5) is 30.3. The van der Waals surface area contributed by atoms with Crippen LogP contribution in [0.15, 0.2) is 53.3 Å². The van der Waals surface area contributed by atoms with Gasteiger partial charge in [0.15, 0.2) is 17.3 Å². The predicted octanol–water partition coefficient (Wildman–Crippen LogP) is 3.53. The zero-order valence-electron chi connectivity index (χ0n) is 14.7. The molecule has 6 nitrogen and oxygen atoms in total. The molecule has 0 aliphatic heterocycles. The lowest BCUT2D eigenvalue weighted by molar-refractivity contribution is 0.0971. The molecule has 2 aromatic heterocycles. The Hall–Kier alpha value is -2.99. The minimum Gasteiger partial charge on any atom is -0.292 e. The van der Waals surface area contributed by atoms with E-state index in [1.807, 2.05) is 31.2 Å². The van der Waals surface area contributed by atoms with Crippen LogP contribution in [0.3, 0.4) is 0 Å². The Morgan fingerprint density at radius 1 is 1.15 bits per heavy atom. The summed E-state index contributed by atoms with van der Waals surface area (Å²) in [5.41, 5.74) is 1.25. The lowest BCUT2D eigenvalue weighted by Crippen LogP contribution is -2.30. The SMILES string of the molecule is CCCc1nc2c3ccccc3n(CC(=O)c3cccc(Cl)c3)c(=O)n2n1. The fourth-order valence-corrected chi connectivity index (χ4v) is 3.35. The summed E-state index contributed by atoms with van der Waals surface area (Å²) in [6, 6.07) is 14.1. The zero-order chi connectivity index (χ0) is 19.0. The van der Waals surface area contributed by atoms with Crippen LogP contribution >= 0.6 is 11.6 Å². The molecule has 27 heavy (non-hydrogen) atoms. The number of aryl methyl sites for hydroxylation is 1. The van der Waals surface area contributed by atoms with Gasteiger partial charge in [-0.15, -0.1) is 5.10 Å². The average Bonchev–Trinajstić information content (AvgIpc) is 3.09. The quantitative estimate of drug-likeness (QED) is 0.496. The Bertz CT molecular complexity index is 1230. The van der Waals surface area contributed by atoms with Crippen LogP contribution in [0.2, 0.25) is 5.02 Å². The highest BCUT2D eigenvalue weighted by atomic mass is 35.5. The second-order valence-corrected chi connectivity index (χ2v) is 6.77. The number of nitrogens with zero attached hydrogens (tertiary/aromatic N) is 4. The van der Waals surface area contributed by atoms with Crippen LogP contribution in [0.5, 0.6) is 0 Å². The van der Waals surface area contributed by atoms with Crippen LogP contribution in [0.25, 0.3) is 16.6 Å². The van der Waals surface area contributed by atoms with E-state index in [4.69, 9.17) is 11.6 Å². The first-order valence-electron chi connectivity index (χ1n) is 8.74. The van der Waals surface area contributed by atoms with E-state index in [1.165, 1.54) is 9.08 Å². The molecule has 0 spiro atoms. The largest absolute Gasteiger partial charge is 0.351 e. The molecule has 4 aromatic rings. The molecule has 0 saturated heterocycles. The number of para-hydroxylation sites is 1. The number of rotatable bonds is 5. The molecule has 0 atom stereocenters. The van der Waals surface area contributed by atoms with Crippen molar-refractivity contribution in [3.8, 4) is 0 Å². The van der Waals surface area contributed by atoms with E-state index < -0.39 is 0 Å². The Balaban J connectivity index is 1.89. The van der Waals surface area contributed by atoms with Gasteiger partial charge in [-0.25, -0.2) is 9.78 Å². The first-order chi connectivity index (χ1) is 13.1. The molecule has 2 heterocycles. The Morgan fingerprint density at radius 2 is 1.96 bits per heavy atom. The lowest BCUT2D eigenvalue weighted by atomic mass is 10.1. The Labute approximate surface area is 160 Å². The summed E-state index contributed by atoms with van der Waals surface area (Å²) < 4.78 is 2.73. The Morgan fingerprint density at radius 3 is 2.74 bits per heavy atom. The molecule has 0 unspecified atom stereocenters. The van der Waals surface area contributed by atoms with Crippen LogP contribution in [0, 0.1) is 0 Å². The van der Waals surface area contributed by atoms with Crippen LogP contribution in [0.4, 0.5) is 0 Å². The molecule has 0 aliphatic rings. The lowest BCUT2D eigenvalue weighted by Gasteiger charge is -2.10. The first-order valence-corrected chi connectivity index (χ1v) is 9.12. The molecule has 2 aromatic carbocycles. The molecule has 0 saturated carbocycles. The van der Waals surface area contributed by atoms with Crippen LogP contribution < -0.4 is 5.69 Å². The third kappa shape index (κ3) is 3.13. The number of benzene rings is 2. The standard InChI is InChI=1S/C20H17ClN4O2/c1-2-6-18-22-19-15-9-3-4-10-16(15)24(20(27)25(19)23-18)12-17(26)13-7-5-8-14(21)11-13/h3-5,7-11H,2,6,12H2,1H3. The van der Waals surface area contributed by atoms with Crippen molar-refractivity contribution >= 4 is 33.9 Å². The summed E-state index contributed by atoms with van der Waals surface area (Å²) in [5.74, 6) is 0.427. The fraction of sp³-hybridized carbons (Fsp3) is 0.200. The topological polar surface area (TPSA) is 69.3 Å². The van der Waals surface area contributed by atoms with Gasteiger partial charge in [0.05, 0.1) is 12.1 Å². The highest BCUT2D eigenvalue weighted by Crippen LogP contribution is 2.18. The molecule has 7 heteroatoms. The maximum absolute atomic E-state index is 13.0. The third-order valence-electron chi connectivity index (χ3n) is 4.42. The van der Waals surface area contributed by atoms with Crippen molar-refractivity contribution in [1.29, 1.82) is 0 Å². The number of Topliss-reactive ketones (excluding diaryl/α,β-unsaturated/α-hetero) is 1. The van der Waals surface area contributed by atoms with Gasteiger partial charge in [0, 0.05) is 22.4 Å². The maximum atomic E-state index is 13.0. The van der Waals surface area contributed by atoms with Gasteiger partial charge in [0.25, 0.3) is 0 Å². The number of fused-ring (bicyclic) bond motifs is 3. The molecule has 136 valence electrons. The van der Waals surface area contributed by atoms with E-state index >= 15 is 0 Å². The van der Waals surface area contributed by atoms with Gasteiger partial charge in [0.2, 0.25) is 0 Å². The second kappa shape index (κ2) is 6.96. The predicted molar refractivity (Wildman–Crippen MR) is 105 cm³/mol. The van der Waals surface area contributed by atoms with Crippen molar-refractivity contribution in [1.82, 2.24) is 19.2 Å². The number of halogens is 1. The Kier molecular flexibility index (Phi) is 4.49. The van der Waals surface area contributed by atoms with E-state index in [0.717, 1.165) is 11.8 Å². The normalized spacial score (nSPS) is 11.3. The average molecular weight is 381 g/mol. The zero-order valence-corrected chi connectivity index (χ0v) is 15.5. The van der Waals surface area contributed by atoms with Gasteiger partial charge in [-0.1, -0.05) is 42.8 Å². The van der Waals surface area contributed by atoms with Gasteiger partial charge in [-0.05, 0) is 30.7 Å². The number of ketones is 1. The minimum absolute atomic E-state index is 0.0986. The van der Waals surface area contributed by atoms with Crippen molar-refractivity contribution < 1.29 is 4.79 Å². The van der Waals surface area contributed by atoms with Crippen molar-refractivity contribution in [2.24, 2.45) is 0 Å². The van der Waals surface area contributed by atoms with Gasteiger partial charge in [0.1, 0.15) is 0 Å². The first kappa shape index (κ1) is 17.4. The molecular weight excluding hydrogens is 364 g/mol. The number of aromatic nitrogens is 4. The van der Waals surface area contributed by atoms with E-state index in [0.29, 0.717) is 34.0 Å². The van der Waals surface area contributed by atoms with Crippen LogP contribution in [-0.4, -0.2) is 24.9 Å². The molecule has 4 rings (SSSR count). The third-order valence-corrected chi connectivity index (χ3v) is 4.66. The monoisotopic (exact) mass is 380 g/mol. The summed E-state index contributed by atoms with van der Waals surface area (Å²) in [5, 5.41) is 5.61. The van der Waals surface area contributed by atoms with Gasteiger partial charge < -0.3 is 0 Å². The van der Waals surface area contributed by atoms with Crippen molar-refractivity contribution in [2.45, 2.75) is 26.3 Å². The number of hydrogen-bond acceptors (Lipinski definition) is 4. The second-order valence-electron chi connectivity index (χ2n) is 6.33. The highest BCUT2D eigenvalue weighted by molar-refractivity contribution is 6.31. The van der Waals surface area contributed by atoms with E-state index in [9.17, 15) is 9.59 Å². The maximum Gasteiger partial charge on any atom is 0.351 e. The molecule has 0 N–H and O–H groups in total. The summed E-state index contributed by atoms with van der Waals surface area (Å²) in [6.45, 7) is 1.93. The van der Waals surface area contributed by atoms with Gasteiger partial charge in [-0.3, -0.25) is 9.36 Å². The van der Waals surface area contributed by atoms with Crippen molar-refractivity contribution in [2.75, 3.05) is 0 Å². The van der Waals surface area contributed by atoms with Crippen molar-refractivity contribution in [3.05, 3.63) is 75.4 Å². The number of carbonyl (C=O) groups is 1. The molecule has 0 aliphatic carbocycles. The molecule has 0 amide bonds. The smallest absolute Gasteiger partial charge is 0.292 e. The molecule has 0 fully saturated rings. The highest BCUT2D eigenvalue weighted by Gasteiger charge is 2.17. The molecule has 0 radical (unpaired) electrons. The van der Waals surface area contributed by atoms with E-state index in [2.05, 4.69) is 10.1 Å². The fourth-order valence-electron chi connectivity index (χ4n) is 3.16. The van der Waals surface area contributed by atoms with Gasteiger partial charge >= 0.3 is 5.69 Å². The van der Waals surface area contributed by atoms with Crippen LogP contribution in [0.1, 0.15) is 29.5 Å². The molecular formula is C20H17ClN4O2. The number of hydrogen-bond donors (Lipinski definition) is 0. The number of carbonyl (C=O) groups excluding carboxylic acids is 1. The van der Waals surface area contributed by atoms with E-state index in [-0.39, 0.29) is 18.0 Å². The van der Waals surface area contributed by atoms with Crippen LogP contribution in [-0.2, 0) is 13.0 Å². The summed E-state index contributed by atoms with van der Waals surface area (Å²) in [7, 11) is 0. The molecule has 0 bridgehead atoms. The van der Waals surface area contributed by atoms with Gasteiger partial charge in [-0.2, -0.15) is 4.52 Å². The summed E-state index contributed by atoms with van der Waals surface area (Å²) in [6.07, 6.45) is 1.58. The summed E-state index contributed by atoms with van der Waals surface area (Å²) >= 11 is 5.99. The van der Waals surface area contributed by atoms with Crippen molar-refractivity contribution in [3.63, 3.8) is 0 Å². The van der Waals surface area contributed by atoms with E-state index in [1.54, 1.807) is 24.3 Å². The minimum atomic E-state index is -0.381.